The molecule has 0 N–H and O–H groups in total. The van der Waals surface area contributed by atoms with Gasteiger partial charge in [-0.1, -0.05) is 0 Å². The van der Waals surface area contributed by atoms with Crippen molar-refractivity contribution in [3.8, 4) is 22.8 Å². The number of amides is 1. The maximum atomic E-state index is 12.8. The average Bonchev–Trinajstić information content (AvgIpc) is 2.62. The Balaban J connectivity index is 2.62. The zero-order chi connectivity index (χ0) is 16.8. The number of carbonyl (C=O) groups is 1. The Labute approximate surface area is 136 Å². The van der Waals surface area contributed by atoms with E-state index in [0.29, 0.717) is 41.4 Å². The summed E-state index contributed by atoms with van der Waals surface area (Å²) in [6, 6.07) is 9.02. The molecule has 0 bridgehead atoms. The van der Waals surface area contributed by atoms with Crippen molar-refractivity contribution >= 4 is 5.91 Å². The number of hydrogen-bond acceptors (Lipinski definition) is 4. The summed E-state index contributed by atoms with van der Waals surface area (Å²) < 4.78 is 10.7. The second kappa shape index (κ2) is 7.63. The van der Waals surface area contributed by atoms with Crippen LogP contribution in [0.4, 0.5) is 0 Å². The van der Waals surface area contributed by atoms with Gasteiger partial charge in [-0.3, -0.25) is 9.78 Å². The summed E-state index contributed by atoms with van der Waals surface area (Å²) in [4.78, 5) is 19.0. The lowest BCUT2D eigenvalue weighted by Gasteiger charge is -2.21. The summed E-state index contributed by atoms with van der Waals surface area (Å²) in [7, 11) is 3.19. The van der Waals surface area contributed by atoms with E-state index in [1.54, 1.807) is 43.5 Å². The topological polar surface area (TPSA) is 51.7 Å². The van der Waals surface area contributed by atoms with Gasteiger partial charge in [0.25, 0.3) is 5.91 Å². The molecule has 2 rings (SSSR count). The molecule has 0 spiro atoms. The van der Waals surface area contributed by atoms with Crippen molar-refractivity contribution in [1.82, 2.24) is 9.88 Å². The van der Waals surface area contributed by atoms with Crippen LogP contribution in [0.2, 0.25) is 0 Å². The minimum atomic E-state index is -0.0274. The van der Waals surface area contributed by atoms with Gasteiger partial charge >= 0.3 is 0 Å². The van der Waals surface area contributed by atoms with Crippen LogP contribution in [0.3, 0.4) is 0 Å². The zero-order valence-electron chi connectivity index (χ0n) is 14.0. The van der Waals surface area contributed by atoms with E-state index in [9.17, 15) is 4.79 Å². The molecular formula is C18H22N2O3. The van der Waals surface area contributed by atoms with Gasteiger partial charge in [0.2, 0.25) is 0 Å². The second-order valence-electron chi connectivity index (χ2n) is 4.94. The molecule has 0 atom stereocenters. The standard InChI is InChI=1S/C18H22N2O3/c1-5-20(6-2)18(21)14-10-9-13(22-3)12-15(14)17-16(23-4)8-7-11-19-17/h7-12H,5-6H2,1-4H3. The van der Waals surface area contributed by atoms with Gasteiger partial charge in [0, 0.05) is 30.4 Å². The molecular weight excluding hydrogens is 292 g/mol. The van der Waals surface area contributed by atoms with Gasteiger partial charge in [0.05, 0.1) is 14.2 Å². The van der Waals surface area contributed by atoms with Crippen LogP contribution in [0.25, 0.3) is 11.3 Å². The lowest BCUT2D eigenvalue weighted by molar-refractivity contribution is 0.0773. The van der Waals surface area contributed by atoms with Crippen LogP contribution >= 0.6 is 0 Å². The fourth-order valence-electron chi connectivity index (χ4n) is 2.47. The number of aromatic nitrogens is 1. The van der Waals surface area contributed by atoms with Crippen molar-refractivity contribution in [2.24, 2.45) is 0 Å². The lowest BCUT2D eigenvalue weighted by atomic mass is 10.0. The maximum absolute atomic E-state index is 12.8. The summed E-state index contributed by atoms with van der Waals surface area (Å²) in [5.74, 6) is 1.26. The van der Waals surface area contributed by atoms with Crippen LogP contribution in [0, 0.1) is 0 Å². The molecule has 1 aromatic heterocycles. The van der Waals surface area contributed by atoms with Crippen LogP contribution in [0.15, 0.2) is 36.5 Å². The fourth-order valence-corrected chi connectivity index (χ4v) is 2.47. The molecule has 1 amide bonds. The van der Waals surface area contributed by atoms with Crippen LogP contribution in [0.5, 0.6) is 11.5 Å². The number of benzene rings is 1. The predicted molar refractivity (Wildman–Crippen MR) is 90.0 cm³/mol. The summed E-state index contributed by atoms with van der Waals surface area (Å²) in [6.45, 7) is 5.23. The highest BCUT2D eigenvalue weighted by atomic mass is 16.5. The maximum Gasteiger partial charge on any atom is 0.254 e. The molecule has 0 unspecified atom stereocenters. The number of nitrogens with zero attached hydrogens (tertiary/aromatic N) is 2. The molecule has 122 valence electrons. The number of ether oxygens (including phenoxy) is 2. The molecule has 0 aliphatic heterocycles. The molecule has 5 nitrogen and oxygen atoms in total. The molecule has 23 heavy (non-hydrogen) atoms. The number of hydrogen-bond donors (Lipinski definition) is 0. The predicted octanol–water partition coefficient (Wildman–Crippen LogP) is 3.25. The number of pyridine rings is 1. The quantitative estimate of drug-likeness (QED) is 0.821. The van der Waals surface area contributed by atoms with Crippen LogP contribution in [0.1, 0.15) is 24.2 Å². The van der Waals surface area contributed by atoms with Crippen molar-refractivity contribution < 1.29 is 14.3 Å². The van der Waals surface area contributed by atoms with Crippen molar-refractivity contribution in [1.29, 1.82) is 0 Å². The Morgan fingerprint density at radius 3 is 2.48 bits per heavy atom. The first-order valence-corrected chi connectivity index (χ1v) is 7.62. The van der Waals surface area contributed by atoms with Crippen molar-refractivity contribution in [2.45, 2.75) is 13.8 Å². The molecule has 2 aromatic rings. The Morgan fingerprint density at radius 1 is 1.13 bits per heavy atom. The summed E-state index contributed by atoms with van der Waals surface area (Å²) in [5.41, 5.74) is 1.93. The van der Waals surface area contributed by atoms with Gasteiger partial charge in [0.1, 0.15) is 17.2 Å². The monoisotopic (exact) mass is 314 g/mol. The van der Waals surface area contributed by atoms with Crippen LogP contribution < -0.4 is 9.47 Å². The van der Waals surface area contributed by atoms with E-state index >= 15 is 0 Å². The minimum Gasteiger partial charge on any atom is -0.497 e. The smallest absolute Gasteiger partial charge is 0.254 e. The van der Waals surface area contributed by atoms with E-state index in [4.69, 9.17) is 9.47 Å². The van der Waals surface area contributed by atoms with Gasteiger partial charge in [-0.2, -0.15) is 0 Å². The molecule has 1 heterocycles. The summed E-state index contributed by atoms with van der Waals surface area (Å²) in [5, 5.41) is 0. The molecule has 0 saturated carbocycles. The van der Waals surface area contributed by atoms with Gasteiger partial charge in [-0.15, -0.1) is 0 Å². The molecule has 0 fully saturated rings. The van der Waals surface area contributed by atoms with Crippen molar-refractivity contribution in [2.75, 3.05) is 27.3 Å². The molecule has 0 aliphatic carbocycles. The highest BCUT2D eigenvalue weighted by Gasteiger charge is 2.20. The van der Waals surface area contributed by atoms with Crippen LogP contribution in [-0.4, -0.2) is 43.1 Å². The molecule has 5 heteroatoms. The first-order valence-electron chi connectivity index (χ1n) is 7.62. The Bertz CT molecular complexity index is 682. The van der Waals surface area contributed by atoms with Crippen molar-refractivity contribution in [3.05, 3.63) is 42.1 Å². The van der Waals surface area contributed by atoms with E-state index in [2.05, 4.69) is 4.98 Å². The fraction of sp³-hybridized carbons (Fsp3) is 0.333. The number of rotatable bonds is 6. The first-order chi connectivity index (χ1) is 11.2. The molecule has 0 radical (unpaired) electrons. The molecule has 0 aliphatic rings. The van der Waals surface area contributed by atoms with Crippen molar-refractivity contribution in [3.63, 3.8) is 0 Å². The van der Waals surface area contributed by atoms with Gasteiger partial charge in [0.15, 0.2) is 0 Å². The highest BCUT2D eigenvalue weighted by molar-refractivity contribution is 6.01. The third kappa shape index (κ3) is 3.44. The summed E-state index contributed by atoms with van der Waals surface area (Å²) in [6.07, 6.45) is 1.68. The van der Waals surface area contributed by atoms with E-state index in [1.165, 1.54) is 0 Å². The Hall–Kier alpha value is -2.56. The minimum absolute atomic E-state index is 0.0274. The third-order valence-corrected chi connectivity index (χ3v) is 3.75. The first kappa shape index (κ1) is 16.8. The average molecular weight is 314 g/mol. The molecule has 1 aromatic carbocycles. The number of carbonyl (C=O) groups excluding carboxylic acids is 1. The Morgan fingerprint density at radius 2 is 1.87 bits per heavy atom. The van der Waals surface area contributed by atoms with E-state index in [0.717, 1.165) is 0 Å². The van der Waals surface area contributed by atoms with Gasteiger partial charge in [-0.25, -0.2) is 0 Å². The zero-order valence-corrected chi connectivity index (χ0v) is 14.0. The largest absolute Gasteiger partial charge is 0.497 e. The Kier molecular flexibility index (Phi) is 5.57. The third-order valence-electron chi connectivity index (χ3n) is 3.75. The second-order valence-corrected chi connectivity index (χ2v) is 4.94. The van der Waals surface area contributed by atoms with E-state index < -0.39 is 0 Å². The lowest BCUT2D eigenvalue weighted by Crippen LogP contribution is -2.30. The van der Waals surface area contributed by atoms with E-state index in [1.807, 2.05) is 26.0 Å². The summed E-state index contributed by atoms with van der Waals surface area (Å²) >= 11 is 0. The van der Waals surface area contributed by atoms with E-state index in [-0.39, 0.29) is 5.91 Å². The normalized spacial score (nSPS) is 10.3. The van der Waals surface area contributed by atoms with Gasteiger partial charge in [-0.05, 0) is 44.2 Å². The highest BCUT2D eigenvalue weighted by Crippen LogP contribution is 2.33. The van der Waals surface area contributed by atoms with Crippen LogP contribution in [-0.2, 0) is 0 Å². The van der Waals surface area contributed by atoms with Gasteiger partial charge < -0.3 is 14.4 Å². The number of methoxy groups -OCH3 is 2. The molecule has 0 saturated heterocycles. The SMILES string of the molecule is CCN(CC)C(=O)c1ccc(OC)cc1-c1ncccc1OC.